The molecular formula is C15H15ClFN3O4. The predicted octanol–water partition coefficient (Wildman–Crippen LogP) is 2.33. The Morgan fingerprint density at radius 3 is 2.75 bits per heavy atom. The standard InChI is InChI=1S/C15H15ClFN3O4/c1-8-13(14(15(22)23-3)20(2)19-8)18-12(21)7-24-11-5-4-9(17)6-10(11)16/h4-6H,7H2,1-3H3,(H,18,21). The van der Waals surface area contributed by atoms with Crippen LogP contribution in [0.5, 0.6) is 5.75 Å². The van der Waals surface area contributed by atoms with Crippen LogP contribution in [-0.2, 0) is 16.6 Å². The van der Waals surface area contributed by atoms with Crippen LogP contribution >= 0.6 is 11.6 Å². The lowest BCUT2D eigenvalue weighted by Gasteiger charge is -2.09. The molecule has 1 heterocycles. The van der Waals surface area contributed by atoms with E-state index in [1.165, 1.54) is 23.9 Å². The number of rotatable bonds is 5. The second kappa shape index (κ2) is 7.31. The Bertz CT molecular complexity index is 791. The molecule has 1 amide bonds. The number of hydrogen-bond donors (Lipinski definition) is 1. The minimum absolute atomic E-state index is 0.0515. The summed E-state index contributed by atoms with van der Waals surface area (Å²) in [4.78, 5) is 23.8. The van der Waals surface area contributed by atoms with E-state index in [0.29, 0.717) is 5.69 Å². The van der Waals surface area contributed by atoms with Crippen LogP contribution in [0.15, 0.2) is 18.2 Å². The minimum Gasteiger partial charge on any atom is -0.482 e. The van der Waals surface area contributed by atoms with E-state index in [4.69, 9.17) is 16.3 Å². The van der Waals surface area contributed by atoms with Gasteiger partial charge < -0.3 is 14.8 Å². The molecule has 0 unspecified atom stereocenters. The number of esters is 1. The molecule has 0 fully saturated rings. The number of benzene rings is 1. The molecule has 0 bridgehead atoms. The SMILES string of the molecule is COC(=O)c1c(NC(=O)COc2ccc(F)cc2Cl)c(C)nn1C. The molecule has 0 saturated carbocycles. The first-order valence-corrected chi connectivity index (χ1v) is 7.21. The van der Waals surface area contributed by atoms with Crippen molar-refractivity contribution in [2.45, 2.75) is 6.92 Å². The molecule has 24 heavy (non-hydrogen) atoms. The van der Waals surface area contributed by atoms with Crippen LogP contribution in [0.1, 0.15) is 16.2 Å². The molecule has 0 saturated heterocycles. The lowest BCUT2D eigenvalue weighted by atomic mass is 10.3. The van der Waals surface area contributed by atoms with Crippen molar-refractivity contribution >= 4 is 29.2 Å². The van der Waals surface area contributed by atoms with E-state index in [2.05, 4.69) is 15.2 Å². The highest BCUT2D eigenvalue weighted by Crippen LogP contribution is 2.25. The van der Waals surface area contributed by atoms with Crippen molar-refractivity contribution in [1.29, 1.82) is 0 Å². The van der Waals surface area contributed by atoms with Crippen molar-refractivity contribution in [2.75, 3.05) is 19.0 Å². The van der Waals surface area contributed by atoms with Crippen LogP contribution in [0.25, 0.3) is 0 Å². The minimum atomic E-state index is -0.629. The van der Waals surface area contributed by atoms with Gasteiger partial charge >= 0.3 is 5.97 Å². The van der Waals surface area contributed by atoms with Gasteiger partial charge in [-0.3, -0.25) is 9.48 Å². The number of aryl methyl sites for hydroxylation is 2. The topological polar surface area (TPSA) is 82.4 Å². The first kappa shape index (κ1) is 17.7. The lowest BCUT2D eigenvalue weighted by molar-refractivity contribution is -0.118. The van der Waals surface area contributed by atoms with Gasteiger partial charge in [0.25, 0.3) is 5.91 Å². The summed E-state index contributed by atoms with van der Waals surface area (Å²) in [7, 11) is 2.79. The molecule has 0 aliphatic carbocycles. The maximum atomic E-state index is 13.0. The Morgan fingerprint density at radius 2 is 2.12 bits per heavy atom. The van der Waals surface area contributed by atoms with Gasteiger partial charge in [0.05, 0.1) is 23.5 Å². The number of nitrogens with one attached hydrogen (secondary N) is 1. The molecule has 2 aromatic rings. The van der Waals surface area contributed by atoms with Crippen LogP contribution in [0.2, 0.25) is 5.02 Å². The van der Waals surface area contributed by atoms with Crippen LogP contribution in [0.4, 0.5) is 10.1 Å². The van der Waals surface area contributed by atoms with Crippen LogP contribution in [-0.4, -0.2) is 35.4 Å². The smallest absolute Gasteiger partial charge is 0.358 e. The Labute approximate surface area is 142 Å². The fourth-order valence-corrected chi connectivity index (χ4v) is 2.27. The number of anilines is 1. The van der Waals surface area contributed by atoms with E-state index in [1.54, 1.807) is 14.0 Å². The van der Waals surface area contributed by atoms with E-state index in [-0.39, 0.29) is 28.8 Å². The summed E-state index contributed by atoms with van der Waals surface area (Å²) in [6.07, 6.45) is 0. The number of hydrogen-bond acceptors (Lipinski definition) is 5. The van der Waals surface area contributed by atoms with E-state index in [0.717, 1.165) is 6.07 Å². The number of carbonyl (C=O) groups is 2. The molecule has 0 aliphatic rings. The number of nitrogens with zero attached hydrogens (tertiary/aromatic N) is 2. The zero-order chi connectivity index (χ0) is 17.9. The fraction of sp³-hybridized carbons (Fsp3) is 0.267. The van der Waals surface area contributed by atoms with E-state index < -0.39 is 17.7 Å². The van der Waals surface area contributed by atoms with Gasteiger partial charge in [0.2, 0.25) is 0 Å². The molecular weight excluding hydrogens is 341 g/mol. The van der Waals surface area contributed by atoms with Gasteiger partial charge in [0, 0.05) is 7.05 Å². The van der Waals surface area contributed by atoms with Crippen LogP contribution in [0.3, 0.4) is 0 Å². The molecule has 128 valence electrons. The molecule has 2 rings (SSSR count). The second-order valence-electron chi connectivity index (χ2n) is 4.84. The highest BCUT2D eigenvalue weighted by molar-refractivity contribution is 6.32. The number of carbonyl (C=O) groups excluding carboxylic acids is 2. The third-order valence-corrected chi connectivity index (χ3v) is 3.41. The Hall–Kier alpha value is -2.61. The highest BCUT2D eigenvalue weighted by Gasteiger charge is 2.22. The summed E-state index contributed by atoms with van der Waals surface area (Å²) in [6, 6.07) is 3.56. The summed E-state index contributed by atoms with van der Waals surface area (Å²) in [5, 5.41) is 6.67. The summed E-state index contributed by atoms with van der Waals surface area (Å²) in [5.41, 5.74) is 0.803. The summed E-state index contributed by atoms with van der Waals surface area (Å²) in [6.45, 7) is 1.26. The van der Waals surface area contributed by atoms with Gasteiger partial charge in [-0.2, -0.15) is 5.10 Å². The van der Waals surface area contributed by atoms with Gasteiger partial charge in [-0.15, -0.1) is 0 Å². The normalized spacial score (nSPS) is 10.4. The fourth-order valence-electron chi connectivity index (χ4n) is 2.05. The number of amides is 1. The van der Waals surface area contributed by atoms with Crippen molar-refractivity contribution in [1.82, 2.24) is 9.78 Å². The summed E-state index contributed by atoms with van der Waals surface area (Å²) >= 11 is 5.82. The third kappa shape index (κ3) is 3.83. The maximum Gasteiger partial charge on any atom is 0.358 e. The largest absolute Gasteiger partial charge is 0.482 e. The summed E-state index contributed by atoms with van der Waals surface area (Å²) in [5.74, 6) is -1.50. The Balaban J connectivity index is 2.09. The first-order valence-electron chi connectivity index (χ1n) is 6.83. The average molecular weight is 356 g/mol. The van der Waals surface area contributed by atoms with Gasteiger partial charge in [-0.25, -0.2) is 9.18 Å². The van der Waals surface area contributed by atoms with Crippen molar-refractivity contribution in [2.24, 2.45) is 7.05 Å². The van der Waals surface area contributed by atoms with E-state index in [1.807, 2.05) is 0 Å². The van der Waals surface area contributed by atoms with Gasteiger partial charge in [-0.1, -0.05) is 11.6 Å². The number of aromatic nitrogens is 2. The quantitative estimate of drug-likeness (QED) is 0.832. The Morgan fingerprint density at radius 1 is 1.42 bits per heavy atom. The van der Waals surface area contributed by atoms with Crippen LogP contribution in [0, 0.1) is 12.7 Å². The zero-order valence-corrected chi connectivity index (χ0v) is 14.0. The number of ether oxygens (including phenoxy) is 2. The molecule has 1 aromatic carbocycles. The molecule has 1 aromatic heterocycles. The maximum absolute atomic E-state index is 13.0. The van der Waals surface area contributed by atoms with E-state index >= 15 is 0 Å². The highest BCUT2D eigenvalue weighted by atomic mass is 35.5. The van der Waals surface area contributed by atoms with Gasteiger partial charge in [-0.05, 0) is 25.1 Å². The second-order valence-corrected chi connectivity index (χ2v) is 5.24. The van der Waals surface area contributed by atoms with Crippen LogP contribution < -0.4 is 10.1 Å². The van der Waals surface area contributed by atoms with E-state index in [9.17, 15) is 14.0 Å². The summed E-state index contributed by atoms with van der Waals surface area (Å²) < 4.78 is 24.2. The number of methoxy groups -OCH3 is 1. The monoisotopic (exact) mass is 355 g/mol. The van der Waals surface area contributed by atoms with Gasteiger partial charge in [0.15, 0.2) is 12.3 Å². The molecule has 0 radical (unpaired) electrons. The number of halogens is 2. The molecule has 1 N–H and O–H groups in total. The van der Waals surface area contributed by atoms with Crippen molar-refractivity contribution in [3.63, 3.8) is 0 Å². The Kier molecular flexibility index (Phi) is 5.40. The molecule has 0 spiro atoms. The molecule has 9 heteroatoms. The first-order chi connectivity index (χ1) is 11.3. The average Bonchev–Trinajstić information content (AvgIpc) is 2.79. The van der Waals surface area contributed by atoms with Crippen molar-refractivity contribution in [3.8, 4) is 5.75 Å². The molecule has 0 aliphatic heterocycles. The van der Waals surface area contributed by atoms with Crippen molar-refractivity contribution in [3.05, 3.63) is 40.4 Å². The van der Waals surface area contributed by atoms with Crippen molar-refractivity contribution < 1.29 is 23.5 Å². The predicted molar refractivity (Wildman–Crippen MR) is 84.8 cm³/mol. The molecule has 7 nitrogen and oxygen atoms in total. The zero-order valence-electron chi connectivity index (χ0n) is 13.2. The lowest BCUT2D eigenvalue weighted by Crippen LogP contribution is -2.22. The molecule has 0 atom stereocenters. The van der Waals surface area contributed by atoms with Gasteiger partial charge in [0.1, 0.15) is 11.6 Å². The third-order valence-electron chi connectivity index (χ3n) is 3.12.